The van der Waals surface area contributed by atoms with Gasteiger partial charge in [-0.2, -0.15) is 4.52 Å². The van der Waals surface area contributed by atoms with Crippen LogP contribution in [0.3, 0.4) is 0 Å². The molecule has 1 aromatic carbocycles. The van der Waals surface area contributed by atoms with Crippen LogP contribution in [-0.4, -0.2) is 24.2 Å². The van der Waals surface area contributed by atoms with Gasteiger partial charge in [-0.25, -0.2) is 9.50 Å². The van der Waals surface area contributed by atoms with E-state index in [0.29, 0.717) is 21.9 Å². The number of nitrogens with zero attached hydrogens (tertiary/aromatic N) is 5. The molecule has 3 aromatic heterocycles. The Kier molecular flexibility index (Phi) is 3.18. The van der Waals surface area contributed by atoms with Gasteiger partial charge in [-0.15, -0.1) is 22.8 Å². The van der Waals surface area contributed by atoms with E-state index < -0.39 is 0 Å². The van der Waals surface area contributed by atoms with Gasteiger partial charge in [0.05, 0.1) is 5.56 Å². The molecule has 7 heteroatoms. The second kappa shape index (κ2) is 5.42. The van der Waals surface area contributed by atoms with Crippen molar-refractivity contribution < 1.29 is 0 Å². The van der Waals surface area contributed by atoms with Gasteiger partial charge >= 0.3 is 0 Å². The van der Waals surface area contributed by atoms with Crippen LogP contribution in [0.25, 0.3) is 27.6 Å². The third-order valence-corrected chi connectivity index (χ3v) is 5.13. The summed E-state index contributed by atoms with van der Waals surface area (Å²) in [5.41, 5.74) is 2.71. The van der Waals surface area contributed by atoms with E-state index in [-0.39, 0.29) is 5.56 Å². The number of fused-ring (bicyclic) bond motifs is 6. The third kappa shape index (κ3) is 2.05. The molecule has 0 unspecified atom stereocenters. The number of hydrogen-bond donors (Lipinski definition) is 1. The summed E-state index contributed by atoms with van der Waals surface area (Å²) in [4.78, 5) is 18.0. The molecule has 124 valence electrons. The van der Waals surface area contributed by atoms with E-state index in [2.05, 4.69) is 33.9 Å². The van der Waals surface area contributed by atoms with Crippen LogP contribution in [-0.2, 0) is 0 Å². The van der Waals surface area contributed by atoms with Gasteiger partial charge in [-0.3, -0.25) is 4.79 Å². The highest BCUT2D eigenvalue weighted by atomic mass is 32.1. The summed E-state index contributed by atoms with van der Waals surface area (Å²) in [6.45, 7) is 0. The Labute approximate surface area is 148 Å². The number of allylic oxidation sites excluding steroid dienone is 2. The number of benzene rings is 1. The van der Waals surface area contributed by atoms with Gasteiger partial charge in [-0.1, -0.05) is 30.3 Å². The summed E-state index contributed by atoms with van der Waals surface area (Å²) in [7, 11) is 0. The van der Waals surface area contributed by atoms with Gasteiger partial charge in [-0.05, 0) is 31.3 Å². The lowest BCUT2D eigenvalue weighted by molar-refractivity contribution is 0.731. The van der Waals surface area contributed by atoms with Crippen molar-refractivity contribution in [3.05, 3.63) is 52.6 Å². The topological polar surface area (TPSA) is 64.6 Å². The molecule has 0 atom stereocenters. The first-order chi connectivity index (χ1) is 12.3. The zero-order valence-corrected chi connectivity index (χ0v) is 14.3. The van der Waals surface area contributed by atoms with Crippen molar-refractivity contribution in [3.63, 3.8) is 0 Å². The van der Waals surface area contributed by atoms with E-state index in [1.807, 2.05) is 24.3 Å². The molecule has 0 amide bonds. The predicted molar refractivity (Wildman–Crippen MR) is 99.2 cm³/mol. The van der Waals surface area contributed by atoms with Crippen molar-refractivity contribution in [1.29, 1.82) is 0 Å². The third-order valence-electron chi connectivity index (χ3n) is 4.81. The van der Waals surface area contributed by atoms with Gasteiger partial charge in [0.25, 0.3) is 5.56 Å². The molecule has 5 rings (SSSR count). The smallest absolute Gasteiger partial charge is 0.267 e. The van der Waals surface area contributed by atoms with Crippen LogP contribution in [0.1, 0.15) is 31.2 Å². The second-order valence-corrected chi connectivity index (χ2v) is 6.69. The summed E-state index contributed by atoms with van der Waals surface area (Å²) in [6.07, 6.45) is 7.81. The van der Waals surface area contributed by atoms with E-state index >= 15 is 0 Å². The fraction of sp³-hybridized carbons (Fsp3) is 0.222. The zero-order valence-electron chi connectivity index (χ0n) is 13.4. The molecule has 4 aromatic rings. The molecule has 0 bridgehead atoms. The average molecular weight is 349 g/mol. The normalized spacial score (nSPS) is 15.2. The Balaban J connectivity index is 2.01. The molecule has 25 heavy (non-hydrogen) atoms. The minimum absolute atomic E-state index is 0.126. The summed E-state index contributed by atoms with van der Waals surface area (Å²) in [5.74, 6) is 0. The van der Waals surface area contributed by atoms with Crippen LogP contribution in [0.4, 0.5) is 0 Å². The second-order valence-electron chi connectivity index (χ2n) is 6.27. The number of thiol groups is 1. The minimum atomic E-state index is -0.126. The highest BCUT2D eigenvalue weighted by Crippen LogP contribution is 2.29. The lowest BCUT2D eigenvalue weighted by atomic mass is 9.95. The highest BCUT2D eigenvalue weighted by Gasteiger charge is 2.20. The standard InChI is InChI=1S/C18H15N5OS/c24-18-14(11-6-2-1-3-7-11)17(25)20-15-12-8-4-5-9-13(12)16-21-19-10-22(16)23(15)18/h4-6,8-10,25H,1-3,7H2. The first-order valence-corrected chi connectivity index (χ1v) is 8.76. The van der Waals surface area contributed by atoms with Gasteiger partial charge < -0.3 is 0 Å². The monoisotopic (exact) mass is 349 g/mol. The molecule has 0 spiro atoms. The van der Waals surface area contributed by atoms with Gasteiger partial charge in [0, 0.05) is 10.8 Å². The molecular formula is C18H15N5OS. The number of aromatic nitrogens is 5. The first-order valence-electron chi connectivity index (χ1n) is 8.31. The van der Waals surface area contributed by atoms with E-state index in [9.17, 15) is 4.79 Å². The first kappa shape index (κ1) is 14.7. The summed E-state index contributed by atoms with van der Waals surface area (Å²) in [6, 6.07) is 7.77. The largest absolute Gasteiger partial charge is 0.281 e. The maximum absolute atomic E-state index is 13.4. The molecule has 0 fully saturated rings. The van der Waals surface area contributed by atoms with Gasteiger partial charge in [0.2, 0.25) is 0 Å². The highest BCUT2D eigenvalue weighted by molar-refractivity contribution is 7.80. The van der Waals surface area contributed by atoms with Crippen molar-refractivity contribution in [2.45, 2.75) is 30.7 Å². The summed E-state index contributed by atoms with van der Waals surface area (Å²) < 4.78 is 3.23. The van der Waals surface area contributed by atoms with Crippen LogP contribution < -0.4 is 5.56 Å². The molecule has 1 aliphatic rings. The Hall–Kier alpha value is -2.67. The number of rotatable bonds is 1. The lowest BCUT2D eigenvalue weighted by Crippen LogP contribution is -2.25. The van der Waals surface area contributed by atoms with Gasteiger partial charge in [0.1, 0.15) is 11.4 Å². The summed E-state index contributed by atoms with van der Waals surface area (Å²) >= 11 is 4.55. The summed E-state index contributed by atoms with van der Waals surface area (Å²) in [5, 5.41) is 10.4. The minimum Gasteiger partial charge on any atom is -0.267 e. The number of hydrogen-bond acceptors (Lipinski definition) is 5. The fourth-order valence-corrected chi connectivity index (χ4v) is 3.98. The Morgan fingerprint density at radius 1 is 1.08 bits per heavy atom. The van der Waals surface area contributed by atoms with E-state index in [1.54, 1.807) is 15.4 Å². The Morgan fingerprint density at radius 2 is 1.88 bits per heavy atom. The lowest BCUT2D eigenvalue weighted by Gasteiger charge is -2.16. The molecule has 0 radical (unpaired) electrons. The molecule has 6 nitrogen and oxygen atoms in total. The molecular weight excluding hydrogens is 334 g/mol. The van der Waals surface area contributed by atoms with Crippen LogP contribution in [0.2, 0.25) is 0 Å². The average Bonchev–Trinajstić information content (AvgIpc) is 3.12. The van der Waals surface area contributed by atoms with Crippen molar-refractivity contribution in [3.8, 4) is 0 Å². The zero-order chi connectivity index (χ0) is 17.0. The Morgan fingerprint density at radius 3 is 2.64 bits per heavy atom. The SMILES string of the molecule is O=c1c(C2=CCCCC2)c(S)nc2c3ccccc3c3nncn3n12. The van der Waals surface area contributed by atoms with Crippen molar-refractivity contribution >= 4 is 40.3 Å². The van der Waals surface area contributed by atoms with Crippen molar-refractivity contribution in [1.82, 2.24) is 24.2 Å². The molecule has 3 heterocycles. The van der Waals surface area contributed by atoms with E-state index in [0.717, 1.165) is 42.0 Å². The maximum atomic E-state index is 13.4. The van der Waals surface area contributed by atoms with Gasteiger partial charge in [0.15, 0.2) is 11.3 Å². The predicted octanol–water partition coefficient (Wildman–Crippen LogP) is 3.14. The van der Waals surface area contributed by atoms with Crippen molar-refractivity contribution in [2.24, 2.45) is 0 Å². The molecule has 0 saturated carbocycles. The van der Waals surface area contributed by atoms with Crippen LogP contribution in [0.15, 0.2) is 46.5 Å². The van der Waals surface area contributed by atoms with Crippen LogP contribution in [0, 0.1) is 0 Å². The quantitative estimate of drug-likeness (QED) is 0.326. The fourth-order valence-electron chi connectivity index (χ4n) is 3.65. The van der Waals surface area contributed by atoms with Crippen LogP contribution >= 0.6 is 12.6 Å². The molecule has 0 N–H and O–H groups in total. The molecule has 0 saturated heterocycles. The van der Waals surface area contributed by atoms with E-state index in [4.69, 9.17) is 0 Å². The maximum Gasteiger partial charge on any atom is 0.281 e. The Bertz CT molecular complexity index is 1240. The van der Waals surface area contributed by atoms with E-state index in [1.165, 1.54) is 0 Å². The molecule has 1 aliphatic carbocycles. The van der Waals surface area contributed by atoms with Crippen molar-refractivity contribution in [2.75, 3.05) is 0 Å². The molecule has 0 aliphatic heterocycles. The van der Waals surface area contributed by atoms with Crippen LogP contribution in [0.5, 0.6) is 0 Å².